The van der Waals surface area contributed by atoms with Gasteiger partial charge in [-0.25, -0.2) is 4.79 Å². The van der Waals surface area contributed by atoms with Gasteiger partial charge in [-0.15, -0.1) is 0 Å². The maximum atomic E-state index is 12.0. The Bertz CT molecular complexity index is 764. The molecule has 0 aliphatic heterocycles. The summed E-state index contributed by atoms with van der Waals surface area (Å²) in [5.41, 5.74) is 0.444. The Morgan fingerprint density at radius 3 is 2.35 bits per heavy atom. The highest BCUT2D eigenvalue weighted by atomic mass is 16.5. The Kier molecular flexibility index (Phi) is 3.09. The van der Waals surface area contributed by atoms with Crippen molar-refractivity contribution in [3.05, 3.63) is 72.3 Å². The van der Waals surface area contributed by atoms with E-state index in [0.717, 1.165) is 5.39 Å². The molecule has 3 heteroatoms. The van der Waals surface area contributed by atoms with Crippen molar-refractivity contribution in [1.29, 1.82) is 0 Å². The highest BCUT2D eigenvalue weighted by molar-refractivity contribution is 5.94. The molecule has 1 N–H and O–H groups in total. The molecule has 0 spiro atoms. The van der Waals surface area contributed by atoms with Gasteiger partial charge in [-0.3, -0.25) is 0 Å². The van der Waals surface area contributed by atoms with Crippen molar-refractivity contribution in [3.8, 4) is 11.5 Å². The molecule has 3 rings (SSSR count). The SMILES string of the molecule is O=C(Oc1ccc2ccccc2c1O)c1ccccc1. The topological polar surface area (TPSA) is 46.5 Å². The van der Waals surface area contributed by atoms with Crippen molar-refractivity contribution in [1.82, 2.24) is 0 Å². The van der Waals surface area contributed by atoms with Gasteiger partial charge in [0.25, 0.3) is 0 Å². The van der Waals surface area contributed by atoms with Gasteiger partial charge in [0.1, 0.15) is 0 Å². The van der Waals surface area contributed by atoms with Crippen LogP contribution in [-0.4, -0.2) is 11.1 Å². The first-order chi connectivity index (χ1) is 9.75. The highest BCUT2D eigenvalue weighted by Gasteiger charge is 2.12. The van der Waals surface area contributed by atoms with E-state index in [9.17, 15) is 9.90 Å². The van der Waals surface area contributed by atoms with E-state index in [0.29, 0.717) is 10.9 Å². The molecule has 0 saturated heterocycles. The minimum Gasteiger partial charge on any atom is -0.504 e. The summed E-state index contributed by atoms with van der Waals surface area (Å²) in [6.07, 6.45) is 0. The van der Waals surface area contributed by atoms with E-state index in [-0.39, 0.29) is 11.5 Å². The molecule has 3 nitrogen and oxygen atoms in total. The fourth-order valence-electron chi connectivity index (χ4n) is 2.05. The number of hydrogen-bond donors (Lipinski definition) is 1. The molecule has 0 radical (unpaired) electrons. The molecular formula is C17H12O3. The first kappa shape index (κ1) is 12.2. The zero-order valence-corrected chi connectivity index (χ0v) is 10.6. The van der Waals surface area contributed by atoms with Crippen LogP contribution in [0.15, 0.2) is 66.7 Å². The third kappa shape index (κ3) is 2.21. The van der Waals surface area contributed by atoms with E-state index < -0.39 is 5.97 Å². The van der Waals surface area contributed by atoms with Crippen LogP contribution in [-0.2, 0) is 0 Å². The number of phenolic OH excluding ortho intramolecular Hbond substituents is 1. The van der Waals surface area contributed by atoms with Crippen molar-refractivity contribution in [2.75, 3.05) is 0 Å². The van der Waals surface area contributed by atoms with Crippen LogP contribution in [0.3, 0.4) is 0 Å². The smallest absolute Gasteiger partial charge is 0.343 e. The third-order valence-corrected chi connectivity index (χ3v) is 3.08. The summed E-state index contributed by atoms with van der Waals surface area (Å²) < 4.78 is 5.25. The molecule has 0 heterocycles. The van der Waals surface area contributed by atoms with Crippen LogP contribution in [0, 0.1) is 0 Å². The van der Waals surface area contributed by atoms with E-state index in [4.69, 9.17) is 4.74 Å². The van der Waals surface area contributed by atoms with Crippen LogP contribution in [0.2, 0.25) is 0 Å². The highest BCUT2D eigenvalue weighted by Crippen LogP contribution is 2.34. The van der Waals surface area contributed by atoms with E-state index in [1.54, 1.807) is 36.4 Å². The summed E-state index contributed by atoms with van der Waals surface area (Å²) >= 11 is 0. The van der Waals surface area contributed by atoms with E-state index in [1.807, 2.05) is 30.3 Å². The summed E-state index contributed by atoms with van der Waals surface area (Å²) in [7, 11) is 0. The van der Waals surface area contributed by atoms with Gasteiger partial charge in [-0.1, -0.05) is 48.5 Å². The number of carbonyl (C=O) groups excluding carboxylic acids is 1. The van der Waals surface area contributed by atoms with Gasteiger partial charge in [0.2, 0.25) is 0 Å². The number of benzene rings is 3. The number of aromatic hydroxyl groups is 1. The lowest BCUT2D eigenvalue weighted by molar-refractivity contribution is 0.0730. The Balaban J connectivity index is 1.95. The molecule has 0 bridgehead atoms. The lowest BCUT2D eigenvalue weighted by atomic mass is 10.1. The molecule has 0 atom stereocenters. The van der Waals surface area contributed by atoms with Crippen molar-refractivity contribution in [2.24, 2.45) is 0 Å². The molecule has 0 aliphatic carbocycles. The lowest BCUT2D eigenvalue weighted by Gasteiger charge is -2.08. The minimum atomic E-state index is -0.490. The van der Waals surface area contributed by atoms with Crippen LogP contribution in [0.4, 0.5) is 0 Å². The molecule has 0 aliphatic rings. The largest absolute Gasteiger partial charge is 0.504 e. The molecule has 98 valence electrons. The molecule has 0 unspecified atom stereocenters. The van der Waals surface area contributed by atoms with Crippen LogP contribution < -0.4 is 4.74 Å². The second-order valence-electron chi connectivity index (χ2n) is 4.39. The Morgan fingerprint density at radius 1 is 0.850 bits per heavy atom. The van der Waals surface area contributed by atoms with E-state index >= 15 is 0 Å². The predicted octanol–water partition coefficient (Wildman–Crippen LogP) is 3.76. The predicted molar refractivity (Wildman–Crippen MR) is 77.0 cm³/mol. The third-order valence-electron chi connectivity index (χ3n) is 3.08. The molecule has 3 aromatic rings. The number of carbonyl (C=O) groups is 1. The standard InChI is InChI=1S/C17H12O3/c18-16-14-9-5-4-6-12(14)10-11-15(16)20-17(19)13-7-2-1-3-8-13/h1-11,18H. The number of fused-ring (bicyclic) bond motifs is 1. The number of phenols is 1. The summed E-state index contributed by atoms with van der Waals surface area (Å²) in [4.78, 5) is 12.0. The van der Waals surface area contributed by atoms with Gasteiger partial charge in [-0.05, 0) is 23.6 Å². The van der Waals surface area contributed by atoms with Gasteiger partial charge >= 0.3 is 5.97 Å². The van der Waals surface area contributed by atoms with Crippen LogP contribution >= 0.6 is 0 Å². The molecule has 0 fully saturated rings. The summed E-state index contributed by atoms with van der Waals surface area (Å²) in [6.45, 7) is 0. The van der Waals surface area contributed by atoms with Crippen molar-refractivity contribution in [3.63, 3.8) is 0 Å². The summed E-state index contributed by atoms with van der Waals surface area (Å²) in [5.74, 6) is -0.346. The van der Waals surface area contributed by atoms with E-state index in [2.05, 4.69) is 0 Å². The maximum absolute atomic E-state index is 12.0. The Hall–Kier alpha value is -2.81. The molecule has 0 amide bonds. The number of esters is 1. The fraction of sp³-hybridized carbons (Fsp3) is 0. The normalized spacial score (nSPS) is 10.4. The quantitative estimate of drug-likeness (QED) is 0.566. The average molecular weight is 264 g/mol. The molecular weight excluding hydrogens is 252 g/mol. The Morgan fingerprint density at radius 2 is 1.55 bits per heavy atom. The first-order valence-electron chi connectivity index (χ1n) is 6.23. The van der Waals surface area contributed by atoms with Crippen molar-refractivity contribution in [2.45, 2.75) is 0 Å². The van der Waals surface area contributed by atoms with Gasteiger partial charge in [0, 0.05) is 5.39 Å². The Labute approximate surface area is 116 Å². The molecule has 20 heavy (non-hydrogen) atoms. The van der Waals surface area contributed by atoms with Crippen molar-refractivity contribution >= 4 is 16.7 Å². The molecule has 3 aromatic carbocycles. The fourth-order valence-corrected chi connectivity index (χ4v) is 2.05. The second-order valence-corrected chi connectivity index (χ2v) is 4.39. The van der Waals surface area contributed by atoms with Gasteiger partial charge < -0.3 is 9.84 Å². The van der Waals surface area contributed by atoms with E-state index in [1.165, 1.54) is 0 Å². The molecule has 0 aromatic heterocycles. The first-order valence-corrected chi connectivity index (χ1v) is 6.23. The summed E-state index contributed by atoms with van der Waals surface area (Å²) in [5, 5.41) is 11.7. The number of hydrogen-bond acceptors (Lipinski definition) is 3. The zero-order chi connectivity index (χ0) is 13.9. The second kappa shape index (κ2) is 5.05. The molecule has 0 saturated carbocycles. The van der Waals surface area contributed by atoms with Gasteiger partial charge in [0.05, 0.1) is 5.56 Å². The zero-order valence-electron chi connectivity index (χ0n) is 10.6. The average Bonchev–Trinajstić information content (AvgIpc) is 2.51. The number of rotatable bonds is 2. The van der Waals surface area contributed by atoms with Crippen LogP contribution in [0.5, 0.6) is 11.5 Å². The lowest BCUT2D eigenvalue weighted by Crippen LogP contribution is -2.08. The minimum absolute atomic E-state index is 0.0209. The van der Waals surface area contributed by atoms with Crippen LogP contribution in [0.1, 0.15) is 10.4 Å². The maximum Gasteiger partial charge on any atom is 0.343 e. The summed E-state index contributed by atoms with van der Waals surface area (Å²) in [6, 6.07) is 19.5. The van der Waals surface area contributed by atoms with Crippen molar-refractivity contribution < 1.29 is 14.6 Å². The van der Waals surface area contributed by atoms with Crippen LogP contribution in [0.25, 0.3) is 10.8 Å². The van der Waals surface area contributed by atoms with Gasteiger partial charge in [0.15, 0.2) is 11.5 Å². The monoisotopic (exact) mass is 264 g/mol. The van der Waals surface area contributed by atoms with Gasteiger partial charge in [-0.2, -0.15) is 0 Å². The number of ether oxygens (including phenoxy) is 1.